The van der Waals surface area contributed by atoms with Gasteiger partial charge in [0.2, 0.25) is 0 Å². The molecule has 1 aliphatic heterocycles. The molecule has 2 aromatic heterocycles. The average Bonchev–Trinajstić information content (AvgIpc) is 3.09. The number of nitrogens with one attached hydrogen (secondary N) is 1. The summed E-state index contributed by atoms with van der Waals surface area (Å²) in [4.78, 5) is 19.3. The number of carbonyl (C=O) groups is 1. The molecule has 0 spiro atoms. The zero-order valence-electron chi connectivity index (χ0n) is 10.1. The van der Waals surface area contributed by atoms with E-state index in [0.717, 1.165) is 35.7 Å². The lowest BCUT2D eigenvalue weighted by atomic mass is 10.1. The van der Waals surface area contributed by atoms with Crippen LogP contribution in [-0.4, -0.2) is 32.5 Å². The van der Waals surface area contributed by atoms with Crippen LogP contribution in [-0.2, 0) is 0 Å². The predicted octanol–water partition coefficient (Wildman–Crippen LogP) is 2.15. The topological polar surface area (TPSA) is 61.9 Å². The lowest BCUT2D eigenvalue weighted by Gasteiger charge is -2.23. The second-order valence-corrected chi connectivity index (χ2v) is 5.29. The van der Waals surface area contributed by atoms with Crippen molar-refractivity contribution in [2.24, 2.45) is 0 Å². The quantitative estimate of drug-likeness (QED) is 0.902. The SMILES string of the molecule is Cc1ncsc1C(=O)N1CCCC1c1ccn[nH]1. The molecule has 0 radical (unpaired) electrons. The number of amides is 1. The minimum absolute atomic E-state index is 0.0899. The number of nitrogens with zero attached hydrogens (tertiary/aromatic N) is 3. The number of thiazole rings is 1. The van der Waals surface area contributed by atoms with E-state index in [4.69, 9.17) is 0 Å². The third-order valence-corrected chi connectivity index (χ3v) is 4.25. The summed E-state index contributed by atoms with van der Waals surface area (Å²) in [5.41, 5.74) is 3.56. The fourth-order valence-electron chi connectivity index (χ4n) is 2.42. The van der Waals surface area contributed by atoms with Gasteiger partial charge in [-0.3, -0.25) is 9.89 Å². The zero-order chi connectivity index (χ0) is 12.5. The van der Waals surface area contributed by atoms with Crippen LogP contribution in [0.15, 0.2) is 17.8 Å². The van der Waals surface area contributed by atoms with Gasteiger partial charge in [0.15, 0.2) is 0 Å². The maximum absolute atomic E-state index is 12.5. The molecule has 1 atom stereocenters. The second kappa shape index (κ2) is 4.53. The normalized spacial score (nSPS) is 19.4. The molecule has 0 saturated carbocycles. The number of aromatic nitrogens is 3. The molecule has 5 nitrogen and oxygen atoms in total. The van der Waals surface area contributed by atoms with Crippen LogP contribution in [0.4, 0.5) is 0 Å². The molecule has 1 unspecified atom stereocenters. The lowest BCUT2D eigenvalue weighted by molar-refractivity contribution is 0.0737. The number of rotatable bonds is 2. The summed E-state index contributed by atoms with van der Waals surface area (Å²) >= 11 is 1.42. The summed E-state index contributed by atoms with van der Waals surface area (Å²) in [6.45, 7) is 2.69. The molecule has 6 heteroatoms. The molecular weight excluding hydrogens is 248 g/mol. The molecule has 1 N–H and O–H groups in total. The summed E-state index contributed by atoms with van der Waals surface area (Å²) in [7, 11) is 0. The van der Waals surface area contributed by atoms with Crippen LogP contribution in [0.3, 0.4) is 0 Å². The molecular formula is C12H14N4OS. The van der Waals surface area contributed by atoms with Gasteiger partial charge in [-0.05, 0) is 25.8 Å². The zero-order valence-corrected chi connectivity index (χ0v) is 10.9. The summed E-state index contributed by atoms with van der Waals surface area (Å²) in [5, 5.41) is 6.94. The molecule has 0 bridgehead atoms. The highest BCUT2D eigenvalue weighted by molar-refractivity contribution is 7.11. The highest BCUT2D eigenvalue weighted by atomic mass is 32.1. The van der Waals surface area contributed by atoms with Gasteiger partial charge in [-0.15, -0.1) is 11.3 Å². The molecule has 0 aliphatic carbocycles. The molecule has 1 fully saturated rings. The van der Waals surface area contributed by atoms with Crippen LogP contribution in [0, 0.1) is 6.92 Å². The van der Waals surface area contributed by atoms with Crippen molar-refractivity contribution in [2.45, 2.75) is 25.8 Å². The van der Waals surface area contributed by atoms with E-state index in [0.29, 0.717) is 0 Å². The molecule has 1 saturated heterocycles. The highest BCUT2D eigenvalue weighted by Gasteiger charge is 2.32. The van der Waals surface area contributed by atoms with Gasteiger partial charge in [-0.2, -0.15) is 5.10 Å². The van der Waals surface area contributed by atoms with Crippen LogP contribution in [0.5, 0.6) is 0 Å². The van der Waals surface area contributed by atoms with Crippen LogP contribution in [0.1, 0.15) is 39.9 Å². The van der Waals surface area contributed by atoms with Crippen molar-refractivity contribution in [2.75, 3.05) is 6.54 Å². The number of hydrogen-bond donors (Lipinski definition) is 1. The van der Waals surface area contributed by atoms with E-state index in [1.807, 2.05) is 17.9 Å². The number of hydrogen-bond acceptors (Lipinski definition) is 4. The van der Waals surface area contributed by atoms with Gasteiger partial charge in [0.25, 0.3) is 5.91 Å². The molecule has 18 heavy (non-hydrogen) atoms. The summed E-state index contributed by atoms with van der Waals surface area (Å²) < 4.78 is 0. The average molecular weight is 262 g/mol. The third-order valence-electron chi connectivity index (χ3n) is 3.33. The Bertz CT molecular complexity index is 548. The van der Waals surface area contributed by atoms with Gasteiger partial charge in [-0.1, -0.05) is 0 Å². The Hall–Kier alpha value is -1.69. The van der Waals surface area contributed by atoms with Crippen molar-refractivity contribution in [1.29, 1.82) is 0 Å². The first kappa shape index (κ1) is 11.4. The summed E-state index contributed by atoms with van der Waals surface area (Å²) in [6, 6.07) is 2.07. The Kier molecular flexibility index (Phi) is 2.87. The number of aromatic amines is 1. The fraction of sp³-hybridized carbons (Fsp3) is 0.417. The number of aryl methyl sites for hydroxylation is 1. The predicted molar refractivity (Wildman–Crippen MR) is 68.5 cm³/mol. The van der Waals surface area contributed by atoms with Crippen LogP contribution in [0.2, 0.25) is 0 Å². The highest BCUT2D eigenvalue weighted by Crippen LogP contribution is 2.32. The van der Waals surface area contributed by atoms with E-state index >= 15 is 0 Å². The fourth-order valence-corrected chi connectivity index (χ4v) is 3.18. The van der Waals surface area contributed by atoms with Gasteiger partial charge < -0.3 is 4.90 Å². The Morgan fingerprint density at radius 3 is 3.17 bits per heavy atom. The molecule has 2 aromatic rings. The Labute approximate surface area is 109 Å². The van der Waals surface area contributed by atoms with E-state index in [9.17, 15) is 4.79 Å². The minimum atomic E-state index is 0.0899. The van der Waals surface area contributed by atoms with Gasteiger partial charge in [0, 0.05) is 12.7 Å². The standard InChI is InChI=1S/C12H14N4OS/c1-8-11(18-7-13-8)12(17)16-6-2-3-10(16)9-4-5-14-15-9/h4-5,7,10H,2-3,6H2,1H3,(H,14,15). The first-order valence-corrected chi connectivity index (χ1v) is 6.85. The molecule has 1 aliphatic rings. The maximum atomic E-state index is 12.5. The van der Waals surface area contributed by atoms with Crippen molar-refractivity contribution in [3.05, 3.63) is 34.0 Å². The Morgan fingerprint density at radius 1 is 1.61 bits per heavy atom. The minimum Gasteiger partial charge on any atom is -0.329 e. The number of carbonyl (C=O) groups excluding carboxylic acids is 1. The van der Waals surface area contributed by atoms with Crippen LogP contribution < -0.4 is 0 Å². The molecule has 3 heterocycles. The van der Waals surface area contributed by atoms with E-state index in [-0.39, 0.29) is 11.9 Å². The van der Waals surface area contributed by atoms with Crippen molar-refractivity contribution < 1.29 is 4.79 Å². The molecule has 94 valence electrons. The Balaban J connectivity index is 1.88. The molecule has 3 rings (SSSR count). The third kappa shape index (κ3) is 1.82. The van der Waals surface area contributed by atoms with Gasteiger partial charge in [0.1, 0.15) is 4.88 Å². The Morgan fingerprint density at radius 2 is 2.50 bits per heavy atom. The lowest BCUT2D eigenvalue weighted by Crippen LogP contribution is -2.30. The monoisotopic (exact) mass is 262 g/mol. The van der Waals surface area contributed by atoms with Gasteiger partial charge >= 0.3 is 0 Å². The smallest absolute Gasteiger partial charge is 0.266 e. The van der Waals surface area contributed by atoms with Crippen LogP contribution >= 0.6 is 11.3 Å². The summed E-state index contributed by atoms with van der Waals surface area (Å²) in [5.74, 6) is 0.0899. The van der Waals surface area contributed by atoms with Gasteiger partial charge in [0.05, 0.1) is 22.9 Å². The van der Waals surface area contributed by atoms with E-state index in [2.05, 4.69) is 15.2 Å². The van der Waals surface area contributed by atoms with Gasteiger partial charge in [-0.25, -0.2) is 4.98 Å². The second-order valence-electron chi connectivity index (χ2n) is 4.44. The largest absolute Gasteiger partial charge is 0.329 e. The maximum Gasteiger partial charge on any atom is 0.266 e. The first-order valence-electron chi connectivity index (χ1n) is 5.97. The van der Waals surface area contributed by atoms with Crippen molar-refractivity contribution in [3.8, 4) is 0 Å². The van der Waals surface area contributed by atoms with Crippen molar-refractivity contribution >= 4 is 17.2 Å². The summed E-state index contributed by atoms with van der Waals surface area (Å²) in [6.07, 6.45) is 3.76. The number of H-pyrrole nitrogens is 1. The molecule has 0 aromatic carbocycles. The van der Waals surface area contributed by atoms with Crippen molar-refractivity contribution in [3.63, 3.8) is 0 Å². The van der Waals surface area contributed by atoms with E-state index < -0.39 is 0 Å². The van der Waals surface area contributed by atoms with Crippen molar-refractivity contribution in [1.82, 2.24) is 20.1 Å². The van der Waals surface area contributed by atoms with E-state index in [1.54, 1.807) is 11.7 Å². The molecule has 1 amide bonds. The number of likely N-dealkylation sites (tertiary alicyclic amines) is 1. The first-order chi connectivity index (χ1) is 8.77. The van der Waals surface area contributed by atoms with Crippen LogP contribution in [0.25, 0.3) is 0 Å². The van der Waals surface area contributed by atoms with E-state index in [1.165, 1.54) is 11.3 Å².